The van der Waals surface area contributed by atoms with Crippen LogP contribution in [0.1, 0.15) is 11.1 Å². The van der Waals surface area contributed by atoms with Crippen LogP contribution in [0.3, 0.4) is 0 Å². The maximum absolute atomic E-state index is 11.2. The van der Waals surface area contributed by atoms with E-state index in [9.17, 15) is 14.9 Å². The van der Waals surface area contributed by atoms with Crippen LogP contribution in [0.2, 0.25) is 0 Å². The van der Waals surface area contributed by atoms with Crippen molar-refractivity contribution >= 4 is 22.5 Å². The minimum atomic E-state index is -0.472. The van der Waals surface area contributed by atoms with Crippen LogP contribution in [0.25, 0.3) is 11.0 Å². The second-order valence-electron chi connectivity index (χ2n) is 4.93. The number of imidazole rings is 1. The smallest absolute Gasteiger partial charge is 0.323 e. The Morgan fingerprint density at radius 1 is 1.27 bits per heavy atom. The van der Waals surface area contributed by atoms with E-state index < -0.39 is 4.92 Å². The van der Waals surface area contributed by atoms with E-state index in [0.717, 1.165) is 16.6 Å². The van der Waals surface area contributed by atoms with E-state index in [4.69, 9.17) is 0 Å². The summed E-state index contributed by atoms with van der Waals surface area (Å²) < 4.78 is 0. The fourth-order valence-corrected chi connectivity index (χ4v) is 2.22. The molecule has 1 aromatic carbocycles. The van der Waals surface area contributed by atoms with Crippen molar-refractivity contribution in [3.8, 4) is 0 Å². The maximum atomic E-state index is 11.2. The molecule has 3 aromatic rings. The van der Waals surface area contributed by atoms with Gasteiger partial charge in [-0.3, -0.25) is 10.1 Å². The molecule has 0 atom stereocenters. The molecule has 8 nitrogen and oxygen atoms in total. The topological polar surface area (TPSA) is 117 Å². The SMILES string of the molecule is Cc1cc([N+](=O)[O-])cnc1NCc1ccc2[nH]c(=O)[nH]c2c1. The molecule has 0 aliphatic heterocycles. The summed E-state index contributed by atoms with van der Waals surface area (Å²) >= 11 is 0. The lowest BCUT2D eigenvalue weighted by Crippen LogP contribution is -2.04. The number of nitrogens with one attached hydrogen (secondary N) is 3. The third-order valence-corrected chi connectivity index (χ3v) is 3.31. The zero-order chi connectivity index (χ0) is 15.7. The quantitative estimate of drug-likeness (QED) is 0.503. The Hall–Kier alpha value is -3.16. The molecule has 0 unspecified atom stereocenters. The molecule has 2 heterocycles. The van der Waals surface area contributed by atoms with Gasteiger partial charge in [-0.1, -0.05) is 6.07 Å². The highest BCUT2D eigenvalue weighted by Gasteiger charge is 2.09. The summed E-state index contributed by atoms with van der Waals surface area (Å²) in [5.41, 5.74) is 2.87. The Morgan fingerprint density at radius 2 is 2.05 bits per heavy atom. The molecule has 0 spiro atoms. The largest absolute Gasteiger partial charge is 0.366 e. The van der Waals surface area contributed by atoms with E-state index >= 15 is 0 Å². The zero-order valence-corrected chi connectivity index (χ0v) is 11.7. The van der Waals surface area contributed by atoms with Crippen LogP contribution in [0.5, 0.6) is 0 Å². The lowest BCUT2D eigenvalue weighted by atomic mass is 10.2. The number of pyridine rings is 1. The molecular weight excluding hydrogens is 286 g/mol. The van der Waals surface area contributed by atoms with Crippen molar-refractivity contribution < 1.29 is 4.92 Å². The van der Waals surface area contributed by atoms with E-state index in [1.54, 1.807) is 6.92 Å². The van der Waals surface area contributed by atoms with Gasteiger partial charge >= 0.3 is 5.69 Å². The first-order valence-electron chi connectivity index (χ1n) is 6.59. The number of hydrogen-bond acceptors (Lipinski definition) is 5. The van der Waals surface area contributed by atoms with Gasteiger partial charge in [-0.25, -0.2) is 9.78 Å². The monoisotopic (exact) mass is 299 g/mol. The highest BCUT2D eigenvalue weighted by atomic mass is 16.6. The number of nitro groups is 1. The Morgan fingerprint density at radius 3 is 2.77 bits per heavy atom. The molecule has 0 bridgehead atoms. The Labute approximate surface area is 124 Å². The van der Waals surface area contributed by atoms with Crippen LogP contribution in [-0.2, 0) is 6.54 Å². The van der Waals surface area contributed by atoms with Crippen molar-refractivity contribution in [2.24, 2.45) is 0 Å². The van der Waals surface area contributed by atoms with Gasteiger partial charge in [0, 0.05) is 12.6 Å². The standard InChI is InChI=1S/C14H13N5O3/c1-8-4-10(19(21)22)7-16-13(8)15-6-9-2-3-11-12(5-9)18-14(20)17-11/h2-5,7H,6H2,1H3,(H,15,16)(H2,17,18,20). The van der Waals surface area contributed by atoms with Crippen molar-refractivity contribution in [3.05, 3.63) is 62.2 Å². The minimum absolute atomic E-state index is 0.0330. The molecule has 0 aliphatic rings. The van der Waals surface area contributed by atoms with Gasteiger partial charge < -0.3 is 15.3 Å². The van der Waals surface area contributed by atoms with Crippen molar-refractivity contribution in [1.29, 1.82) is 0 Å². The number of H-pyrrole nitrogens is 2. The molecule has 0 radical (unpaired) electrons. The van der Waals surface area contributed by atoms with E-state index in [2.05, 4.69) is 20.3 Å². The van der Waals surface area contributed by atoms with Crippen LogP contribution in [0.15, 0.2) is 35.3 Å². The van der Waals surface area contributed by atoms with Crippen molar-refractivity contribution in [2.75, 3.05) is 5.32 Å². The second kappa shape index (κ2) is 5.32. The van der Waals surface area contributed by atoms with Crippen LogP contribution in [-0.4, -0.2) is 19.9 Å². The van der Waals surface area contributed by atoms with E-state index in [0.29, 0.717) is 17.9 Å². The number of benzene rings is 1. The summed E-state index contributed by atoms with van der Waals surface area (Å²) in [6.45, 7) is 2.25. The van der Waals surface area contributed by atoms with Gasteiger partial charge in [0.25, 0.3) is 5.69 Å². The summed E-state index contributed by atoms with van der Waals surface area (Å²) in [4.78, 5) is 30.9. The first-order chi connectivity index (χ1) is 10.5. The number of rotatable bonds is 4. The Balaban J connectivity index is 1.78. The lowest BCUT2D eigenvalue weighted by Gasteiger charge is -2.08. The number of aryl methyl sites for hydroxylation is 1. The van der Waals surface area contributed by atoms with Crippen molar-refractivity contribution in [3.63, 3.8) is 0 Å². The van der Waals surface area contributed by atoms with Crippen LogP contribution in [0.4, 0.5) is 11.5 Å². The highest BCUT2D eigenvalue weighted by molar-refractivity contribution is 5.75. The van der Waals surface area contributed by atoms with Crippen LogP contribution in [0, 0.1) is 17.0 Å². The number of aromatic amines is 2. The molecule has 3 rings (SSSR count). The fraction of sp³-hybridized carbons (Fsp3) is 0.143. The molecule has 0 aliphatic carbocycles. The molecule has 2 aromatic heterocycles. The highest BCUT2D eigenvalue weighted by Crippen LogP contribution is 2.19. The molecular formula is C14H13N5O3. The summed E-state index contributed by atoms with van der Waals surface area (Å²) in [7, 11) is 0. The number of fused-ring (bicyclic) bond motifs is 1. The van der Waals surface area contributed by atoms with Gasteiger partial charge in [0.15, 0.2) is 0 Å². The van der Waals surface area contributed by atoms with E-state index in [1.165, 1.54) is 12.3 Å². The van der Waals surface area contributed by atoms with Crippen LogP contribution >= 0.6 is 0 Å². The predicted molar refractivity (Wildman–Crippen MR) is 81.9 cm³/mol. The van der Waals surface area contributed by atoms with Gasteiger partial charge in [-0.15, -0.1) is 0 Å². The molecule has 112 valence electrons. The molecule has 22 heavy (non-hydrogen) atoms. The molecule has 0 saturated carbocycles. The minimum Gasteiger partial charge on any atom is -0.366 e. The summed E-state index contributed by atoms with van der Waals surface area (Å²) in [5, 5.41) is 13.8. The van der Waals surface area contributed by atoms with Gasteiger partial charge in [0.1, 0.15) is 12.0 Å². The zero-order valence-electron chi connectivity index (χ0n) is 11.7. The first-order valence-corrected chi connectivity index (χ1v) is 6.59. The third-order valence-electron chi connectivity index (χ3n) is 3.31. The van der Waals surface area contributed by atoms with Gasteiger partial charge in [-0.05, 0) is 30.2 Å². The number of nitrogens with zero attached hydrogens (tertiary/aromatic N) is 2. The molecule has 3 N–H and O–H groups in total. The molecule has 0 saturated heterocycles. The molecule has 0 amide bonds. The number of hydrogen-bond donors (Lipinski definition) is 3. The van der Waals surface area contributed by atoms with Crippen LogP contribution < -0.4 is 11.0 Å². The predicted octanol–water partition coefficient (Wildman–Crippen LogP) is 2.08. The normalized spacial score (nSPS) is 10.8. The average Bonchev–Trinajstić information content (AvgIpc) is 2.85. The maximum Gasteiger partial charge on any atom is 0.323 e. The summed E-state index contributed by atoms with van der Waals surface area (Å²) in [5.74, 6) is 0.591. The van der Waals surface area contributed by atoms with Gasteiger partial charge in [0.05, 0.1) is 16.0 Å². The summed E-state index contributed by atoms with van der Waals surface area (Å²) in [6, 6.07) is 7.04. The van der Waals surface area contributed by atoms with Gasteiger partial charge in [-0.2, -0.15) is 0 Å². The van der Waals surface area contributed by atoms with E-state index in [-0.39, 0.29) is 11.4 Å². The third kappa shape index (κ3) is 2.66. The second-order valence-corrected chi connectivity index (χ2v) is 4.93. The Bertz CT molecular complexity index is 912. The number of aromatic nitrogens is 3. The van der Waals surface area contributed by atoms with Crippen molar-refractivity contribution in [2.45, 2.75) is 13.5 Å². The van der Waals surface area contributed by atoms with E-state index in [1.807, 2.05) is 18.2 Å². The summed E-state index contributed by atoms with van der Waals surface area (Å²) in [6.07, 6.45) is 1.22. The fourth-order valence-electron chi connectivity index (χ4n) is 2.22. The average molecular weight is 299 g/mol. The Kier molecular flexibility index (Phi) is 3.34. The first kappa shape index (κ1) is 13.8. The lowest BCUT2D eigenvalue weighted by molar-refractivity contribution is -0.385. The number of anilines is 1. The van der Waals surface area contributed by atoms with Gasteiger partial charge in [0.2, 0.25) is 0 Å². The molecule has 0 fully saturated rings. The van der Waals surface area contributed by atoms with Crippen molar-refractivity contribution in [1.82, 2.24) is 15.0 Å². The molecule has 8 heteroatoms.